The van der Waals surface area contributed by atoms with Gasteiger partial charge in [0.25, 0.3) is 0 Å². The van der Waals surface area contributed by atoms with Crippen LogP contribution in [0.1, 0.15) is 6.92 Å². The van der Waals surface area contributed by atoms with Gasteiger partial charge in [0.15, 0.2) is 0 Å². The number of benzene rings is 2. The fourth-order valence-electron chi connectivity index (χ4n) is 2.22. The Balaban J connectivity index is 2.55. The van der Waals surface area contributed by atoms with Crippen molar-refractivity contribution in [2.24, 2.45) is 0 Å². The Morgan fingerprint density at radius 1 is 1.18 bits per heavy atom. The van der Waals surface area contributed by atoms with Crippen LogP contribution in [0.25, 0.3) is 22.4 Å². The van der Waals surface area contributed by atoms with Gasteiger partial charge in [-0.15, -0.1) is 0 Å². The topological polar surface area (TPSA) is 41.7 Å². The minimum absolute atomic E-state index is 0.525. The number of aryl methyl sites for hydroxylation is 1. The minimum Gasteiger partial charge on any atom is -0.338 e. The molecule has 1 aliphatic carbocycles. The summed E-state index contributed by atoms with van der Waals surface area (Å²) in [7, 11) is 0. The molecule has 0 radical (unpaired) electrons. The lowest BCUT2D eigenvalue weighted by atomic mass is 10.1. The second-order valence-corrected chi connectivity index (χ2v) is 4.05. The molecule has 84 valence electrons. The van der Waals surface area contributed by atoms with Crippen LogP contribution in [0, 0.1) is 5.41 Å². The van der Waals surface area contributed by atoms with E-state index in [9.17, 15) is 0 Å². The van der Waals surface area contributed by atoms with Crippen LogP contribution in [-0.2, 0) is 6.54 Å². The maximum Gasteiger partial charge on any atom is 0.0876 e. The van der Waals surface area contributed by atoms with E-state index in [0.717, 1.165) is 29.0 Å². The van der Waals surface area contributed by atoms with Gasteiger partial charge in [-0.2, -0.15) is 0 Å². The van der Waals surface area contributed by atoms with Crippen LogP contribution in [0.3, 0.4) is 0 Å². The molecule has 2 aliphatic rings. The summed E-state index contributed by atoms with van der Waals surface area (Å²) in [5.41, 5.74) is 4.09. The van der Waals surface area contributed by atoms with Crippen molar-refractivity contribution in [3.63, 3.8) is 0 Å². The SMILES string of the molecule is CCn1c2cc(=N)ccc-2nc2ccccc21. The van der Waals surface area contributed by atoms with Crippen molar-refractivity contribution in [3.05, 3.63) is 47.8 Å². The molecule has 0 aromatic heterocycles. The molecule has 0 spiro atoms. The number of hydrogen-bond acceptors (Lipinski definition) is 2. The van der Waals surface area contributed by atoms with E-state index in [1.807, 2.05) is 30.3 Å². The lowest BCUT2D eigenvalue weighted by molar-refractivity contribution is 0.789. The number of hydrogen-bond donors (Lipinski definition) is 1. The highest BCUT2D eigenvalue weighted by molar-refractivity contribution is 5.80. The third kappa shape index (κ3) is 1.51. The van der Waals surface area contributed by atoms with Gasteiger partial charge in [0.05, 0.1) is 27.8 Å². The fraction of sp³-hybridized carbons (Fsp3) is 0.143. The van der Waals surface area contributed by atoms with Crippen LogP contribution in [0.4, 0.5) is 0 Å². The third-order valence-corrected chi connectivity index (χ3v) is 3.00. The maximum atomic E-state index is 7.72. The van der Waals surface area contributed by atoms with E-state index in [4.69, 9.17) is 5.41 Å². The first-order chi connectivity index (χ1) is 8.29. The highest BCUT2D eigenvalue weighted by atomic mass is 15.0. The van der Waals surface area contributed by atoms with Crippen LogP contribution in [0.5, 0.6) is 0 Å². The van der Waals surface area contributed by atoms with Crippen molar-refractivity contribution < 1.29 is 0 Å². The fourth-order valence-corrected chi connectivity index (χ4v) is 2.22. The molecule has 3 heteroatoms. The van der Waals surface area contributed by atoms with Gasteiger partial charge in [0.1, 0.15) is 0 Å². The highest BCUT2D eigenvalue weighted by Gasteiger charge is 2.10. The first-order valence-corrected chi connectivity index (χ1v) is 5.73. The summed E-state index contributed by atoms with van der Waals surface area (Å²) in [5.74, 6) is 0. The molecule has 1 aromatic rings. The number of aromatic nitrogens is 2. The van der Waals surface area contributed by atoms with Crippen molar-refractivity contribution in [1.29, 1.82) is 5.41 Å². The van der Waals surface area contributed by atoms with Crippen molar-refractivity contribution in [2.75, 3.05) is 0 Å². The zero-order valence-electron chi connectivity index (χ0n) is 9.64. The summed E-state index contributed by atoms with van der Waals surface area (Å²) in [6.07, 6.45) is 0. The summed E-state index contributed by atoms with van der Waals surface area (Å²) < 4.78 is 2.20. The summed E-state index contributed by atoms with van der Waals surface area (Å²) in [4.78, 5) is 4.62. The third-order valence-electron chi connectivity index (χ3n) is 3.00. The van der Waals surface area contributed by atoms with Crippen LogP contribution in [-0.4, -0.2) is 9.55 Å². The van der Waals surface area contributed by atoms with E-state index in [2.05, 4.69) is 22.5 Å². The quantitative estimate of drug-likeness (QED) is 0.633. The number of nitrogens with zero attached hydrogens (tertiary/aromatic N) is 2. The predicted molar refractivity (Wildman–Crippen MR) is 67.9 cm³/mol. The summed E-state index contributed by atoms with van der Waals surface area (Å²) in [5, 5.41) is 8.24. The zero-order chi connectivity index (χ0) is 11.8. The first kappa shape index (κ1) is 10.0. The molecule has 0 saturated heterocycles. The van der Waals surface area contributed by atoms with Crippen LogP contribution in [0.15, 0.2) is 42.5 Å². The Morgan fingerprint density at radius 3 is 2.82 bits per heavy atom. The standard InChI is InChI=1S/C14H13N3/c1-2-17-13-6-4-3-5-11(13)16-12-8-7-10(15)9-14(12)17/h3-9,15H,2H2,1H3. The normalized spacial score (nSPS) is 11.1. The minimum atomic E-state index is 0.525. The molecule has 1 aliphatic heterocycles. The van der Waals surface area contributed by atoms with Crippen molar-refractivity contribution in [2.45, 2.75) is 13.5 Å². The van der Waals surface area contributed by atoms with E-state index < -0.39 is 0 Å². The molecule has 0 amide bonds. The van der Waals surface area contributed by atoms with Gasteiger partial charge >= 0.3 is 0 Å². The lowest BCUT2D eigenvalue weighted by Gasteiger charge is -2.16. The second-order valence-electron chi connectivity index (χ2n) is 4.05. The van der Waals surface area contributed by atoms with E-state index in [0.29, 0.717) is 5.36 Å². The molecule has 1 aromatic carbocycles. The van der Waals surface area contributed by atoms with Crippen molar-refractivity contribution in [3.8, 4) is 11.4 Å². The molecule has 3 nitrogen and oxygen atoms in total. The summed E-state index contributed by atoms with van der Waals surface area (Å²) in [6, 6.07) is 13.7. The average Bonchev–Trinajstić information content (AvgIpc) is 2.36. The molecule has 3 rings (SSSR count). The molecule has 0 saturated carbocycles. The number of nitrogens with one attached hydrogen (secondary N) is 1. The zero-order valence-corrected chi connectivity index (χ0v) is 9.64. The summed E-state index contributed by atoms with van der Waals surface area (Å²) in [6.45, 7) is 2.99. The van der Waals surface area contributed by atoms with Crippen LogP contribution >= 0.6 is 0 Å². The second kappa shape index (κ2) is 3.70. The van der Waals surface area contributed by atoms with Gasteiger partial charge in [-0.05, 0) is 37.3 Å². The average molecular weight is 223 g/mol. The Kier molecular flexibility index (Phi) is 2.18. The maximum absolute atomic E-state index is 7.72. The largest absolute Gasteiger partial charge is 0.338 e. The monoisotopic (exact) mass is 223 g/mol. The van der Waals surface area contributed by atoms with Crippen molar-refractivity contribution in [1.82, 2.24) is 9.55 Å². The molecule has 0 bridgehead atoms. The predicted octanol–water partition coefficient (Wildman–Crippen LogP) is 2.64. The summed E-state index contributed by atoms with van der Waals surface area (Å²) >= 11 is 0. The molecular weight excluding hydrogens is 210 g/mol. The Labute approximate surface area is 99.2 Å². The molecular formula is C14H13N3. The molecule has 0 unspecified atom stereocenters. The molecule has 0 fully saturated rings. The van der Waals surface area contributed by atoms with E-state index >= 15 is 0 Å². The number of fused-ring (bicyclic) bond motifs is 2. The molecule has 17 heavy (non-hydrogen) atoms. The number of para-hydroxylation sites is 2. The van der Waals surface area contributed by atoms with E-state index in [1.165, 1.54) is 0 Å². The number of rotatable bonds is 1. The Hall–Kier alpha value is -2.16. The Bertz CT molecular complexity index is 712. The van der Waals surface area contributed by atoms with Crippen LogP contribution in [0.2, 0.25) is 0 Å². The van der Waals surface area contributed by atoms with Crippen molar-refractivity contribution >= 4 is 11.0 Å². The van der Waals surface area contributed by atoms with Gasteiger partial charge in [-0.1, -0.05) is 12.1 Å². The van der Waals surface area contributed by atoms with Gasteiger partial charge < -0.3 is 9.98 Å². The highest BCUT2D eigenvalue weighted by Crippen LogP contribution is 2.23. The smallest absolute Gasteiger partial charge is 0.0876 e. The van der Waals surface area contributed by atoms with E-state index in [-0.39, 0.29) is 0 Å². The van der Waals surface area contributed by atoms with Gasteiger partial charge in [0, 0.05) is 6.54 Å². The lowest BCUT2D eigenvalue weighted by Crippen LogP contribution is -2.10. The van der Waals surface area contributed by atoms with E-state index in [1.54, 1.807) is 6.07 Å². The Morgan fingerprint density at radius 2 is 2.00 bits per heavy atom. The molecule has 1 heterocycles. The van der Waals surface area contributed by atoms with Crippen LogP contribution < -0.4 is 5.36 Å². The van der Waals surface area contributed by atoms with Gasteiger partial charge in [-0.25, -0.2) is 4.98 Å². The molecule has 0 atom stereocenters. The molecule has 1 N–H and O–H groups in total. The van der Waals surface area contributed by atoms with Gasteiger partial charge in [-0.3, -0.25) is 0 Å². The van der Waals surface area contributed by atoms with Gasteiger partial charge in [0.2, 0.25) is 0 Å². The first-order valence-electron chi connectivity index (χ1n) is 5.73.